The predicted molar refractivity (Wildman–Crippen MR) is 73.7 cm³/mol. The van der Waals surface area contributed by atoms with Crippen molar-refractivity contribution < 1.29 is 28.2 Å². The van der Waals surface area contributed by atoms with Crippen LogP contribution in [0.25, 0.3) is 0 Å². The van der Waals surface area contributed by atoms with E-state index in [9.17, 15) is 18.4 Å². The third-order valence-electron chi connectivity index (χ3n) is 3.63. The second kappa shape index (κ2) is 7.20. The summed E-state index contributed by atoms with van der Waals surface area (Å²) in [7, 11) is 0. The Morgan fingerprint density at radius 2 is 2.00 bits per heavy atom. The number of alkyl halides is 2. The van der Waals surface area contributed by atoms with E-state index in [1.807, 2.05) is 0 Å². The Morgan fingerprint density at radius 1 is 1.32 bits per heavy atom. The molecule has 0 radical (unpaired) electrons. The molecule has 0 spiro atoms. The number of benzene rings is 1. The molecule has 1 N–H and O–H groups in total. The highest BCUT2D eigenvalue weighted by Crippen LogP contribution is 2.19. The number of aliphatic carboxylic acids is 1. The van der Waals surface area contributed by atoms with E-state index < -0.39 is 18.5 Å². The summed E-state index contributed by atoms with van der Waals surface area (Å²) >= 11 is 0. The molecular weight excluding hydrogens is 296 g/mol. The molecule has 0 bridgehead atoms. The van der Waals surface area contributed by atoms with Gasteiger partial charge in [0.2, 0.25) is 5.91 Å². The average Bonchev–Trinajstić information content (AvgIpc) is 2.49. The molecule has 120 valence electrons. The third-order valence-corrected chi connectivity index (χ3v) is 3.63. The van der Waals surface area contributed by atoms with Gasteiger partial charge >= 0.3 is 12.6 Å². The van der Waals surface area contributed by atoms with Gasteiger partial charge in [0, 0.05) is 13.1 Å². The number of carbonyl (C=O) groups is 2. The van der Waals surface area contributed by atoms with E-state index >= 15 is 0 Å². The monoisotopic (exact) mass is 313 g/mol. The molecule has 0 unspecified atom stereocenters. The Hall–Kier alpha value is -2.18. The van der Waals surface area contributed by atoms with Crippen molar-refractivity contribution in [2.75, 3.05) is 13.1 Å². The number of hydrogen-bond donors (Lipinski definition) is 1. The second-order valence-electron chi connectivity index (χ2n) is 5.22. The molecule has 1 amide bonds. The van der Waals surface area contributed by atoms with E-state index in [2.05, 4.69) is 4.74 Å². The number of hydrogen-bond acceptors (Lipinski definition) is 3. The van der Waals surface area contributed by atoms with Crippen LogP contribution in [0.1, 0.15) is 18.4 Å². The van der Waals surface area contributed by atoms with E-state index in [0.717, 1.165) is 0 Å². The average molecular weight is 313 g/mol. The summed E-state index contributed by atoms with van der Waals surface area (Å²) < 4.78 is 28.3. The van der Waals surface area contributed by atoms with Gasteiger partial charge in [0.1, 0.15) is 5.75 Å². The molecule has 0 aliphatic carbocycles. The predicted octanol–water partition coefficient (Wildman–Crippen LogP) is 2.15. The first kappa shape index (κ1) is 16.2. The van der Waals surface area contributed by atoms with Gasteiger partial charge in [-0.1, -0.05) is 12.1 Å². The highest BCUT2D eigenvalue weighted by atomic mass is 19.3. The van der Waals surface area contributed by atoms with Crippen molar-refractivity contribution in [1.82, 2.24) is 4.90 Å². The van der Waals surface area contributed by atoms with Crippen LogP contribution >= 0.6 is 0 Å². The van der Waals surface area contributed by atoms with Crippen molar-refractivity contribution in [3.8, 4) is 5.75 Å². The minimum atomic E-state index is -2.88. The normalized spacial score (nSPS) is 18.3. The maximum atomic E-state index is 12.2. The molecular formula is C15H17F2NO4. The first-order chi connectivity index (χ1) is 10.5. The molecule has 1 aliphatic rings. The highest BCUT2D eigenvalue weighted by molar-refractivity contribution is 5.80. The van der Waals surface area contributed by atoms with Gasteiger partial charge in [-0.25, -0.2) is 0 Å². The van der Waals surface area contributed by atoms with Crippen LogP contribution in [0.4, 0.5) is 8.78 Å². The Morgan fingerprint density at radius 3 is 2.59 bits per heavy atom. The number of rotatable bonds is 5. The number of halogens is 2. The Kier molecular flexibility index (Phi) is 5.30. The van der Waals surface area contributed by atoms with Gasteiger partial charge in [0.05, 0.1) is 12.3 Å². The molecule has 1 heterocycles. The van der Waals surface area contributed by atoms with E-state index in [1.54, 1.807) is 17.0 Å². The summed E-state index contributed by atoms with van der Waals surface area (Å²) in [6.07, 6.45) is 1.37. The molecule has 5 nitrogen and oxygen atoms in total. The van der Waals surface area contributed by atoms with Gasteiger partial charge in [-0.05, 0) is 30.5 Å². The number of carbonyl (C=O) groups excluding carboxylic acids is 1. The van der Waals surface area contributed by atoms with E-state index in [-0.39, 0.29) is 24.6 Å². The summed E-state index contributed by atoms with van der Waals surface area (Å²) in [5.74, 6) is -1.52. The van der Waals surface area contributed by atoms with Crippen molar-refractivity contribution in [2.24, 2.45) is 5.92 Å². The van der Waals surface area contributed by atoms with Crippen LogP contribution in [0.15, 0.2) is 24.3 Å². The van der Waals surface area contributed by atoms with Crippen LogP contribution in [0.3, 0.4) is 0 Å². The summed E-state index contributed by atoms with van der Waals surface area (Å²) in [5.41, 5.74) is 0.670. The van der Waals surface area contributed by atoms with Crippen molar-refractivity contribution in [3.63, 3.8) is 0 Å². The molecule has 1 atom stereocenters. The van der Waals surface area contributed by atoms with Crippen LogP contribution in [0.2, 0.25) is 0 Å². The van der Waals surface area contributed by atoms with Gasteiger partial charge in [0.25, 0.3) is 0 Å². The molecule has 1 aromatic carbocycles. The van der Waals surface area contributed by atoms with Crippen molar-refractivity contribution in [2.45, 2.75) is 25.9 Å². The molecule has 0 aromatic heterocycles. The molecule has 0 saturated carbocycles. The summed E-state index contributed by atoms with van der Waals surface area (Å²) in [5, 5.41) is 9.02. The molecule has 1 saturated heterocycles. The quantitative estimate of drug-likeness (QED) is 0.904. The fourth-order valence-electron chi connectivity index (χ4n) is 2.48. The fraction of sp³-hybridized carbons (Fsp3) is 0.467. The number of piperidine rings is 1. The standard InChI is InChI=1S/C15H17F2NO4/c16-15(17)22-12-5-3-10(4-6-12)8-13(19)18-7-1-2-11(9-18)14(20)21/h3-6,11,15H,1-2,7-9H2,(H,20,21)/t11-/m0/s1. The second-order valence-corrected chi connectivity index (χ2v) is 5.22. The molecule has 1 aromatic rings. The van der Waals surface area contributed by atoms with Crippen molar-refractivity contribution in [1.29, 1.82) is 0 Å². The highest BCUT2D eigenvalue weighted by Gasteiger charge is 2.27. The smallest absolute Gasteiger partial charge is 0.387 e. The lowest BCUT2D eigenvalue weighted by Crippen LogP contribution is -2.42. The number of likely N-dealkylation sites (tertiary alicyclic amines) is 1. The molecule has 1 fully saturated rings. The van der Waals surface area contributed by atoms with Crippen LogP contribution in [0.5, 0.6) is 5.75 Å². The van der Waals surface area contributed by atoms with Crippen LogP contribution in [-0.4, -0.2) is 41.6 Å². The first-order valence-corrected chi connectivity index (χ1v) is 7.00. The molecule has 2 rings (SSSR count). The van der Waals surface area contributed by atoms with Crippen molar-refractivity contribution >= 4 is 11.9 Å². The number of carboxylic acids is 1. The van der Waals surface area contributed by atoms with Gasteiger partial charge in [-0.3, -0.25) is 9.59 Å². The maximum absolute atomic E-state index is 12.2. The van der Waals surface area contributed by atoms with Crippen molar-refractivity contribution in [3.05, 3.63) is 29.8 Å². The Bertz CT molecular complexity index is 533. The lowest BCUT2D eigenvalue weighted by Gasteiger charge is -2.30. The summed E-state index contributed by atoms with van der Waals surface area (Å²) in [4.78, 5) is 24.7. The van der Waals surface area contributed by atoms with E-state index in [1.165, 1.54) is 12.1 Å². The Labute approximate surface area is 126 Å². The minimum absolute atomic E-state index is 0.0371. The van der Waals surface area contributed by atoms with Gasteiger partial charge in [-0.2, -0.15) is 8.78 Å². The van der Waals surface area contributed by atoms with E-state index in [0.29, 0.717) is 24.9 Å². The zero-order chi connectivity index (χ0) is 16.1. The number of carboxylic acid groups (broad SMARTS) is 1. The zero-order valence-corrected chi connectivity index (χ0v) is 11.9. The topological polar surface area (TPSA) is 66.8 Å². The third kappa shape index (κ3) is 4.41. The van der Waals surface area contributed by atoms with E-state index in [4.69, 9.17) is 5.11 Å². The van der Waals surface area contributed by atoms with Gasteiger partial charge in [-0.15, -0.1) is 0 Å². The largest absolute Gasteiger partial charge is 0.481 e. The fourth-order valence-corrected chi connectivity index (χ4v) is 2.48. The first-order valence-electron chi connectivity index (χ1n) is 7.00. The van der Waals surface area contributed by atoms with Crippen LogP contribution in [-0.2, 0) is 16.0 Å². The summed E-state index contributed by atoms with van der Waals surface area (Å²) in [6.45, 7) is -2.11. The maximum Gasteiger partial charge on any atom is 0.387 e. The molecule has 1 aliphatic heterocycles. The van der Waals surface area contributed by atoms with Crippen LogP contribution < -0.4 is 4.74 Å². The minimum Gasteiger partial charge on any atom is -0.481 e. The van der Waals surface area contributed by atoms with Gasteiger partial charge < -0.3 is 14.7 Å². The Balaban J connectivity index is 1.92. The van der Waals surface area contributed by atoms with Crippen LogP contribution in [0, 0.1) is 5.92 Å². The number of ether oxygens (including phenoxy) is 1. The summed E-state index contributed by atoms with van der Waals surface area (Å²) in [6, 6.07) is 5.86. The number of amides is 1. The molecule has 7 heteroatoms. The molecule has 22 heavy (non-hydrogen) atoms. The SMILES string of the molecule is O=C(O)[C@H]1CCCN(C(=O)Cc2ccc(OC(F)F)cc2)C1. The van der Waals surface area contributed by atoms with Gasteiger partial charge in [0.15, 0.2) is 0 Å². The lowest BCUT2D eigenvalue weighted by molar-refractivity contribution is -0.145. The zero-order valence-electron chi connectivity index (χ0n) is 11.9. The lowest BCUT2D eigenvalue weighted by atomic mass is 9.97. The number of nitrogens with zero attached hydrogens (tertiary/aromatic N) is 1.